The van der Waals surface area contributed by atoms with Crippen molar-refractivity contribution in [3.8, 4) is 0 Å². The molecule has 13 heavy (non-hydrogen) atoms. The molecular formula is C10H18ClNO. The molecule has 1 aliphatic rings. The number of hydrogen-bond acceptors (Lipinski definition) is 1. The first-order valence-corrected chi connectivity index (χ1v) is 5.68. The van der Waals surface area contributed by atoms with Crippen LogP contribution in [0.2, 0.25) is 0 Å². The van der Waals surface area contributed by atoms with Gasteiger partial charge in [-0.1, -0.05) is 13.3 Å². The van der Waals surface area contributed by atoms with Crippen molar-refractivity contribution in [3.63, 3.8) is 0 Å². The van der Waals surface area contributed by atoms with Crippen LogP contribution < -0.4 is 0 Å². The van der Waals surface area contributed by atoms with Crippen molar-refractivity contribution in [2.45, 2.75) is 45.1 Å². The topological polar surface area (TPSA) is 20.3 Å². The van der Waals surface area contributed by atoms with Gasteiger partial charge in [0.05, 0.1) is 0 Å². The standard InChI is InChI=1S/C10H18ClNO/c1-2-3-8-12(9-4-5-9)10(13)6-7-11/h9H,2-8H2,1H3. The molecule has 1 fully saturated rings. The van der Waals surface area contributed by atoms with Gasteiger partial charge >= 0.3 is 0 Å². The summed E-state index contributed by atoms with van der Waals surface area (Å²) in [4.78, 5) is 13.6. The zero-order valence-electron chi connectivity index (χ0n) is 8.26. The predicted molar refractivity (Wildman–Crippen MR) is 55.0 cm³/mol. The third kappa shape index (κ3) is 3.55. The zero-order chi connectivity index (χ0) is 9.68. The number of halogens is 1. The normalized spacial score (nSPS) is 15.8. The summed E-state index contributed by atoms with van der Waals surface area (Å²) in [6, 6.07) is 0.544. The number of rotatable bonds is 6. The summed E-state index contributed by atoms with van der Waals surface area (Å²) >= 11 is 5.55. The molecule has 1 amide bonds. The maximum absolute atomic E-state index is 11.6. The minimum atomic E-state index is 0.242. The van der Waals surface area contributed by atoms with Crippen molar-refractivity contribution >= 4 is 17.5 Å². The summed E-state index contributed by atoms with van der Waals surface area (Å²) in [6.07, 6.45) is 5.15. The number of amides is 1. The van der Waals surface area contributed by atoms with E-state index >= 15 is 0 Å². The molecule has 0 bridgehead atoms. The van der Waals surface area contributed by atoms with Crippen molar-refractivity contribution in [2.24, 2.45) is 0 Å². The maximum Gasteiger partial charge on any atom is 0.224 e. The monoisotopic (exact) mass is 203 g/mol. The van der Waals surface area contributed by atoms with E-state index in [1.807, 2.05) is 4.90 Å². The fourth-order valence-electron chi connectivity index (χ4n) is 1.45. The average Bonchev–Trinajstić information content (AvgIpc) is 2.89. The quantitative estimate of drug-likeness (QED) is 0.608. The Bertz CT molecular complexity index is 168. The molecule has 0 aromatic carbocycles. The van der Waals surface area contributed by atoms with Crippen LogP contribution in [0.1, 0.15) is 39.0 Å². The molecule has 2 nitrogen and oxygen atoms in total. The third-order valence-corrected chi connectivity index (χ3v) is 2.56. The Morgan fingerprint density at radius 2 is 2.23 bits per heavy atom. The second kappa shape index (κ2) is 5.48. The van der Waals surface area contributed by atoms with Gasteiger partial charge in [0.2, 0.25) is 5.91 Å². The van der Waals surface area contributed by atoms with Crippen LogP contribution in [0.5, 0.6) is 0 Å². The highest BCUT2D eigenvalue weighted by molar-refractivity contribution is 6.18. The number of alkyl halides is 1. The highest BCUT2D eigenvalue weighted by Gasteiger charge is 2.31. The molecule has 0 spiro atoms. The Balaban J connectivity index is 2.32. The van der Waals surface area contributed by atoms with Gasteiger partial charge in [-0.15, -0.1) is 11.6 Å². The van der Waals surface area contributed by atoms with Crippen LogP contribution in [0.15, 0.2) is 0 Å². The molecule has 0 aromatic heterocycles. The van der Waals surface area contributed by atoms with Crippen molar-refractivity contribution < 1.29 is 4.79 Å². The van der Waals surface area contributed by atoms with Gasteiger partial charge in [0.1, 0.15) is 0 Å². The van der Waals surface area contributed by atoms with E-state index in [1.54, 1.807) is 0 Å². The lowest BCUT2D eigenvalue weighted by molar-refractivity contribution is -0.131. The molecular weight excluding hydrogens is 186 g/mol. The fourth-order valence-corrected chi connectivity index (χ4v) is 1.61. The molecule has 0 aromatic rings. The maximum atomic E-state index is 11.6. The Hall–Kier alpha value is -0.240. The molecule has 0 unspecified atom stereocenters. The Labute approximate surface area is 85.2 Å². The summed E-state index contributed by atoms with van der Waals surface area (Å²) in [6.45, 7) is 3.08. The van der Waals surface area contributed by atoms with Gasteiger partial charge in [0.25, 0.3) is 0 Å². The van der Waals surface area contributed by atoms with E-state index in [2.05, 4.69) is 6.92 Å². The fraction of sp³-hybridized carbons (Fsp3) is 0.900. The van der Waals surface area contributed by atoms with Crippen molar-refractivity contribution in [1.29, 1.82) is 0 Å². The summed E-state index contributed by atoms with van der Waals surface area (Å²) in [5.74, 6) is 0.694. The molecule has 1 saturated carbocycles. The van der Waals surface area contributed by atoms with Crippen LogP contribution in [0.4, 0.5) is 0 Å². The van der Waals surface area contributed by atoms with Crippen molar-refractivity contribution in [2.75, 3.05) is 12.4 Å². The van der Waals surface area contributed by atoms with E-state index < -0.39 is 0 Å². The lowest BCUT2D eigenvalue weighted by Gasteiger charge is -2.21. The van der Waals surface area contributed by atoms with Gasteiger partial charge < -0.3 is 4.90 Å². The van der Waals surface area contributed by atoms with Crippen LogP contribution >= 0.6 is 11.6 Å². The van der Waals surface area contributed by atoms with Gasteiger partial charge in [0.15, 0.2) is 0 Å². The smallest absolute Gasteiger partial charge is 0.224 e. The van der Waals surface area contributed by atoms with Gasteiger partial charge in [-0.2, -0.15) is 0 Å². The predicted octanol–water partition coefficient (Wildman–Crippen LogP) is 2.41. The molecule has 1 aliphatic carbocycles. The first-order valence-electron chi connectivity index (χ1n) is 5.15. The highest BCUT2D eigenvalue weighted by atomic mass is 35.5. The minimum absolute atomic E-state index is 0.242. The number of carbonyl (C=O) groups is 1. The van der Waals surface area contributed by atoms with Crippen LogP contribution in [0, 0.1) is 0 Å². The minimum Gasteiger partial charge on any atom is -0.340 e. The molecule has 0 aliphatic heterocycles. The van der Waals surface area contributed by atoms with Crippen molar-refractivity contribution in [3.05, 3.63) is 0 Å². The first kappa shape index (κ1) is 10.8. The second-order valence-corrected chi connectivity index (χ2v) is 3.99. The summed E-state index contributed by atoms with van der Waals surface area (Å²) in [5.41, 5.74) is 0. The summed E-state index contributed by atoms with van der Waals surface area (Å²) in [5, 5.41) is 0. The molecule has 0 saturated heterocycles. The van der Waals surface area contributed by atoms with Gasteiger partial charge in [-0.25, -0.2) is 0 Å². The van der Waals surface area contributed by atoms with E-state index in [9.17, 15) is 4.79 Å². The Morgan fingerprint density at radius 3 is 2.69 bits per heavy atom. The number of carbonyl (C=O) groups excluding carboxylic acids is 1. The van der Waals surface area contributed by atoms with Gasteiger partial charge in [0, 0.05) is 24.9 Å². The third-order valence-electron chi connectivity index (χ3n) is 2.37. The summed E-state index contributed by atoms with van der Waals surface area (Å²) in [7, 11) is 0. The van der Waals surface area contributed by atoms with E-state index in [4.69, 9.17) is 11.6 Å². The van der Waals surface area contributed by atoms with Crippen molar-refractivity contribution in [1.82, 2.24) is 4.90 Å². The Kier molecular flexibility index (Phi) is 4.57. The van der Waals surface area contributed by atoms with Gasteiger partial charge in [-0.05, 0) is 19.3 Å². The molecule has 0 radical (unpaired) electrons. The number of nitrogens with zero attached hydrogens (tertiary/aromatic N) is 1. The lowest BCUT2D eigenvalue weighted by atomic mass is 10.3. The molecule has 0 atom stereocenters. The molecule has 0 N–H and O–H groups in total. The molecule has 76 valence electrons. The zero-order valence-corrected chi connectivity index (χ0v) is 9.02. The number of hydrogen-bond donors (Lipinski definition) is 0. The average molecular weight is 204 g/mol. The SMILES string of the molecule is CCCCN(C(=O)CCCl)C1CC1. The van der Waals surface area contributed by atoms with Crippen LogP contribution in [0.3, 0.4) is 0 Å². The second-order valence-electron chi connectivity index (χ2n) is 3.61. The van der Waals surface area contributed by atoms with E-state index in [-0.39, 0.29) is 5.91 Å². The van der Waals surface area contributed by atoms with E-state index in [0.29, 0.717) is 18.3 Å². The molecule has 1 rings (SSSR count). The first-order chi connectivity index (χ1) is 6.29. The van der Waals surface area contributed by atoms with E-state index in [1.165, 1.54) is 12.8 Å². The van der Waals surface area contributed by atoms with Gasteiger partial charge in [-0.3, -0.25) is 4.79 Å². The molecule has 0 heterocycles. The number of unbranched alkanes of at least 4 members (excludes halogenated alkanes) is 1. The lowest BCUT2D eigenvalue weighted by Crippen LogP contribution is -2.34. The van der Waals surface area contributed by atoms with Crippen LogP contribution in [0.25, 0.3) is 0 Å². The van der Waals surface area contributed by atoms with Crippen LogP contribution in [-0.4, -0.2) is 29.3 Å². The van der Waals surface area contributed by atoms with E-state index in [0.717, 1.165) is 19.4 Å². The Morgan fingerprint density at radius 1 is 1.54 bits per heavy atom. The largest absolute Gasteiger partial charge is 0.340 e. The highest BCUT2D eigenvalue weighted by Crippen LogP contribution is 2.27. The molecule has 3 heteroatoms. The van der Waals surface area contributed by atoms with Crippen LogP contribution in [-0.2, 0) is 4.79 Å². The summed E-state index contributed by atoms with van der Waals surface area (Å²) < 4.78 is 0.